The number of nitrogens with zero attached hydrogens (tertiary/aromatic N) is 3. The molecular weight excluding hydrogens is 615 g/mol. The van der Waals surface area contributed by atoms with E-state index in [1.165, 1.54) is 36.3 Å². The van der Waals surface area contributed by atoms with E-state index in [-0.39, 0.29) is 0 Å². The van der Waals surface area contributed by atoms with Crippen LogP contribution in [0.25, 0.3) is 97.8 Å². The molecule has 0 saturated heterocycles. The maximum absolute atomic E-state index is 5.32. The topological polar surface area (TPSA) is 38.7 Å². The van der Waals surface area contributed by atoms with E-state index in [2.05, 4.69) is 133 Å². The van der Waals surface area contributed by atoms with E-state index < -0.39 is 0 Å². The lowest BCUT2D eigenvalue weighted by molar-refractivity contribution is 1.23. The van der Waals surface area contributed by atoms with E-state index in [9.17, 15) is 0 Å². The van der Waals surface area contributed by atoms with Crippen molar-refractivity contribution in [2.24, 2.45) is 0 Å². The van der Waals surface area contributed by atoms with E-state index >= 15 is 0 Å². The SMILES string of the molecule is c1ccc(-c2nc(-c3ccc(-c4ccc(-c5nc6cc7ccccc7cc6c6c5sc5ccccc56)cc4)cc3)c3ccccc3n2)cc1. The van der Waals surface area contributed by atoms with Gasteiger partial charge in [0.05, 0.1) is 27.1 Å². The maximum atomic E-state index is 5.32. The molecule has 10 rings (SSSR count). The Bertz CT molecular complexity index is 2860. The van der Waals surface area contributed by atoms with Crippen LogP contribution in [0.3, 0.4) is 0 Å². The molecule has 0 saturated carbocycles. The molecule has 3 aromatic heterocycles. The minimum atomic E-state index is 0.734. The Morgan fingerprint density at radius 2 is 0.959 bits per heavy atom. The molecule has 3 nitrogen and oxygen atoms in total. The highest BCUT2D eigenvalue weighted by atomic mass is 32.1. The van der Waals surface area contributed by atoms with Gasteiger partial charge in [-0.15, -0.1) is 11.3 Å². The summed E-state index contributed by atoms with van der Waals surface area (Å²) in [6, 6.07) is 57.8. The van der Waals surface area contributed by atoms with Crippen molar-refractivity contribution in [3.8, 4) is 45.0 Å². The Hall–Kier alpha value is -6.23. The van der Waals surface area contributed by atoms with Crippen LogP contribution in [0.2, 0.25) is 0 Å². The third-order valence-corrected chi connectivity index (χ3v) is 10.6. The molecule has 0 atom stereocenters. The van der Waals surface area contributed by atoms with Crippen LogP contribution < -0.4 is 0 Å². The summed E-state index contributed by atoms with van der Waals surface area (Å²) in [5, 5.41) is 7.27. The van der Waals surface area contributed by atoms with Crippen molar-refractivity contribution in [2.75, 3.05) is 0 Å². The van der Waals surface area contributed by atoms with Gasteiger partial charge in [0.1, 0.15) is 0 Å². The number of aromatic nitrogens is 3. The van der Waals surface area contributed by atoms with Gasteiger partial charge in [0.2, 0.25) is 0 Å². The van der Waals surface area contributed by atoms with Crippen LogP contribution in [0, 0.1) is 0 Å². The van der Waals surface area contributed by atoms with Gasteiger partial charge in [-0.3, -0.25) is 0 Å². The molecule has 0 unspecified atom stereocenters. The molecule has 0 bridgehead atoms. The summed E-state index contributed by atoms with van der Waals surface area (Å²) in [6.45, 7) is 0. The van der Waals surface area contributed by atoms with E-state index in [1.54, 1.807) is 0 Å². The zero-order chi connectivity index (χ0) is 32.3. The average Bonchev–Trinajstić information content (AvgIpc) is 3.57. The summed E-state index contributed by atoms with van der Waals surface area (Å²) in [4.78, 5) is 15.2. The molecule has 0 N–H and O–H groups in total. The van der Waals surface area contributed by atoms with Gasteiger partial charge in [-0.25, -0.2) is 15.0 Å². The number of benzene rings is 7. The summed E-state index contributed by atoms with van der Waals surface area (Å²) >= 11 is 1.83. The number of rotatable bonds is 4. The first kappa shape index (κ1) is 27.8. The third kappa shape index (κ3) is 4.68. The highest BCUT2D eigenvalue weighted by Gasteiger charge is 2.17. The molecule has 4 heteroatoms. The Morgan fingerprint density at radius 3 is 1.71 bits per heavy atom. The number of pyridine rings is 1. The fourth-order valence-corrected chi connectivity index (χ4v) is 8.25. The molecular formula is C45H27N3S. The molecule has 3 heterocycles. The predicted octanol–water partition coefficient (Wildman–Crippen LogP) is 12.4. The van der Waals surface area contributed by atoms with Crippen LogP contribution in [0.5, 0.6) is 0 Å². The van der Waals surface area contributed by atoms with Gasteiger partial charge in [0.15, 0.2) is 5.82 Å². The molecule has 0 aliphatic heterocycles. The number of hydrogen-bond acceptors (Lipinski definition) is 4. The van der Waals surface area contributed by atoms with Crippen LogP contribution in [-0.4, -0.2) is 15.0 Å². The van der Waals surface area contributed by atoms with Crippen molar-refractivity contribution >= 4 is 64.1 Å². The zero-order valence-corrected chi connectivity index (χ0v) is 27.2. The number of para-hydroxylation sites is 1. The predicted molar refractivity (Wildman–Crippen MR) is 207 cm³/mol. The van der Waals surface area contributed by atoms with Crippen molar-refractivity contribution in [1.82, 2.24) is 15.0 Å². The fourth-order valence-electron chi connectivity index (χ4n) is 7.02. The molecule has 10 aromatic rings. The standard InChI is InChI=1S/C45H27N3S/c1-2-10-32(11-3-1)45-47-38-16-8-6-14-35(38)42(48-45)30-22-18-28(19-23-30)29-20-24-31(25-21-29)43-44-41(36-15-7-9-17-40(36)49-44)37-26-33-12-4-5-13-34(33)27-39(37)46-43/h1-27H. The van der Waals surface area contributed by atoms with Crippen molar-refractivity contribution in [1.29, 1.82) is 0 Å². The van der Waals surface area contributed by atoms with Gasteiger partial charge in [-0.05, 0) is 46.2 Å². The zero-order valence-electron chi connectivity index (χ0n) is 26.3. The normalized spacial score (nSPS) is 11.7. The van der Waals surface area contributed by atoms with Crippen molar-refractivity contribution < 1.29 is 0 Å². The number of thiophene rings is 1. The average molecular weight is 642 g/mol. The highest BCUT2D eigenvalue weighted by Crippen LogP contribution is 2.43. The quantitative estimate of drug-likeness (QED) is 0.180. The molecule has 228 valence electrons. The molecule has 0 amide bonds. The first-order valence-electron chi connectivity index (χ1n) is 16.4. The second-order valence-electron chi connectivity index (χ2n) is 12.4. The van der Waals surface area contributed by atoms with Gasteiger partial charge >= 0.3 is 0 Å². The Morgan fingerprint density at radius 1 is 0.367 bits per heavy atom. The van der Waals surface area contributed by atoms with E-state index in [0.29, 0.717) is 0 Å². The largest absolute Gasteiger partial charge is 0.246 e. The second-order valence-corrected chi connectivity index (χ2v) is 13.5. The van der Waals surface area contributed by atoms with Crippen LogP contribution in [-0.2, 0) is 0 Å². The molecule has 0 aliphatic carbocycles. The first-order chi connectivity index (χ1) is 24.3. The fraction of sp³-hybridized carbons (Fsp3) is 0. The number of fused-ring (bicyclic) bond motifs is 7. The van der Waals surface area contributed by atoms with Crippen LogP contribution in [0.1, 0.15) is 0 Å². The van der Waals surface area contributed by atoms with Crippen LogP contribution >= 0.6 is 11.3 Å². The van der Waals surface area contributed by atoms with Crippen molar-refractivity contribution in [3.05, 3.63) is 164 Å². The van der Waals surface area contributed by atoms with Crippen LogP contribution in [0.15, 0.2) is 164 Å². The number of hydrogen-bond donors (Lipinski definition) is 0. The van der Waals surface area contributed by atoms with Gasteiger partial charge in [0, 0.05) is 42.9 Å². The van der Waals surface area contributed by atoms with Gasteiger partial charge in [0.25, 0.3) is 0 Å². The summed E-state index contributed by atoms with van der Waals surface area (Å²) in [5.74, 6) is 0.734. The Labute approximate surface area is 286 Å². The molecule has 0 fully saturated rings. The van der Waals surface area contributed by atoms with E-state index in [1.807, 2.05) is 41.7 Å². The van der Waals surface area contributed by atoms with Gasteiger partial charge < -0.3 is 0 Å². The maximum Gasteiger partial charge on any atom is 0.160 e. The first-order valence-corrected chi connectivity index (χ1v) is 17.3. The van der Waals surface area contributed by atoms with Gasteiger partial charge in [-0.1, -0.05) is 140 Å². The Balaban J connectivity index is 1.05. The second kappa shape index (κ2) is 11.2. The third-order valence-electron chi connectivity index (χ3n) is 9.46. The molecule has 0 radical (unpaired) electrons. The Kier molecular flexibility index (Phi) is 6.36. The highest BCUT2D eigenvalue weighted by molar-refractivity contribution is 7.26. The monoisotopic (exact) mass is 641 g/mol. The lowest BCUT2D eigenvalue weighted by Crippen LogP contribution is -1.95. The van der Waals surface area contributed by atoms with Crippen LogP contribution in [0.4, 0.5) is 0 Å². The summed E-state index contributed by atoms with van der Waals surface area (Å²) in [5.41, 5.74) is 9.44. The lowest BCUT2D eigenvalue weighted by atomic mass is 9.98. The molecule has 7 aromatic carbocycles. The van der Waals surface area contributed by atoms with E-state index in [0.717, 1.165) is 61.4 Å². The molecule has 49 heavy (non-hydrogen) atoms. The molecule has 0 aliphatic rings. The minimum absolute atomic E-state index is 0.734. The summed E-state index contributed by atoms with van der Waals surface area (Å²) < 4.78 is 2.51. The minimum Gasteiger partial charge on any atom is -0.246 e. The molecule has 0 spiro atoms. The van der Waals surface area contributed by atoms with Crippen molar-refractivity contribution in [3.63, 3.8) is 0 Å². The smallest absolute Gasteiger partial charge is 0.160 e. The lowest BCUT2D eigenvalue weighted by Gasteiger charge is -2.11. The summed E-state index contributed by atoms with van der Waals surface area (Å²) in [6.07, 6.45) is 0. The van der Waals surface area contributed by atoms with E-state index in [4.69, 9.17) is 15.0 Å². The van der Waals surface area contributed by atoms with Gasteiger partial charge in [-0.2, -0.15) is 0 Å². The van der Waals surface area contributed by atoms with Crippen molar-refractivity contribution in [2.45, 2.75) is 0 Å². The summed E-state index contributed by atoms with van der Waals surface area (Å²) in [7, 11) is 0.